The van der Waals surface area contributed by atoms with Gasteiger partial charge >= 0.3 is 0 Å². The first-order chi connectivity index (χ1) is 11.7. The number of nitrogens with one attached hydrogen (secondary N) is 2. The van der Waals surface area contributed by atoms with Gasteiger partial charge in [0, 0.05) is 38.7 Å². The van der Waals surface area contributed by atoms with Gasteiger partial charge in [-0.05, 0) is 30.0 Å². The molecule has 0 radical (unpaired) electrons. The number of imidazole rings is 1. The zero-order chi connectivity index (χ0) is 17.2. The van der Waals surface area contributed by atoms with Crippen LogP contribution in [0.4, 0.5) is 0 Å². The summed E-state index contributed by atoms with van der Waals surface area (Å²) >= 11 is 0. The summed E-state index contributed by atoms with van der Waals surface area (Å²) in [5.41, 5.74) is 1.15. The summed E-state index contributed by atoms with van der Waals surface area (Å²) in [5.74, 6) is 2.47. The monoisotopic (exact) mass is 328 g/mol. The molecule has 6 heteroatoms. The predicted molar refractivity (Wildman–Crippen MR) is 98.2 cm³/mol. The van der Waals surface area contributed by atoms with Gasteiger partial charge in [-0.25, -0.2) is 9.97 Å². The number of hydrogen-bond acceptors (Lipinski definition) is 3. The average Bonchev–Trinajstić information content (AvgIpc) is 3.12. The normalized spacial score (nSPS) is 11.8. The molecule has 0 spiro atoms. The molecule has 0 atom stereocenters. The Labute approximate surface area is 144 Å². The van der Waals surface area contributed by atoms with E-state index in [0.29, 0.717) is 6.54 Å². The lowest BCUT2D eigenvalue weighted by Crippen LogP contribution is -2.37. The van der Waals surface area contributed by atoms with E-state index in [1.54, 1.807) is 19.6 Å². The van der Waals surface area contributed by atoms with Crippen LogP contribution in [0.15, 0.2) is 42.0 Å². The highest BCUT2D eigenvalue weighted by atomic mass is 15.2. The highest BCUT2D eigenvalue weighted by Gasteiger charge is 2.02. The quantitative estimate of drug-likeness (QED) is 0.444. The molecule has 0 saturated carbocycles. The Bertz CT molecular complexity index is 618. The van der Waals surface area contributed by atoms with Crippen molar-refractivity contribution in [1.82, 2.24) is 25.2 Å². The summed E-state index contributed by atoms with van der Waals surface area (Å²) in [6.07, 6.45) is 10.9. The van der Waals surface area contributed by atoms with Crippen molar-refractivity contribution in [3.05, 3.63) is 42.6 Å². The van der Waals surface area contributed by atoms with Crippen LogP contribution in [0.2, 0.25) is 0 Å². The Hall–Kier alpha value is -2.37. The molecule has 0 aliphatic carbocycles. The number of unbranched alkanes of at least 4 members (excludes halogenated alkanes) is 1. The SMILES string of the molecule is CN=C(NCCCCC(C)C)NCc1ccnc(-n2ccnc2)c1. The fraction of sp³-hybridized carbons (Fsp3) is 0.500. The van der Waals surface area contributed by atoms with E-state index in [1.165, 1.54) is 19.3 Å². The third-order valence-electron chi connectivity index (χ3n) is 3.76. The summed E-state index contributed by atoms with van der Waals surface area (Å²) in [6.45, 7) is 6.18. The number of aromatic nitrogens is 3. The van der Waals surface area contributed by atoms with Crippen molar-refractivity contribution >= 4 is 5.96 Å². The van der Waals surface area contributed by atoms with Crippen molar-refractivity contribution in [3.8, 4) is 5.82 Å². The van der Waals surface area contributed by atoms with Gasteiger partial charge in [0.1, 0.15) is 12.1 Å². The highest BCUT2D eigenvalue weighted by molar-refractivity contribution is 5.79. The van der Waals surface area contributed by atoms with E-state index in [4.69, 9.17) is 0 Å². The van der Waals surface area contributed by atoms with Crippen LogP contribution in [0, 0.1) is 5.92 Å². The summed E-state index contributed by atoms with van der Waals surface area (Å²) in [5, 5.41) is 6.71. The zero-order valence-corrected chi connectivity index (χ0v) is 14.9. The van der Waals surface area contributed by atoms with Crippen LogP contribution in [0.25, 0.3) is 5.82 Å². The van der Waals surface area contributed by atoms with Crippen molar-refractivity contribution in [3.63, 3.8) is 0 Å². The molecule has 0 aliphatic rings. The molecule has 0 amide bonds. The van der Waals surface area contributed by atoms with Crippen LogP contribution in [0.3, 0.4) is 0 Å². The molecule has 2 N–H and O–H groups in total. The van der Waals surface area contributed by atoms with E-state index < -0.39 is 0 Å². The van der Waals surface area contributed by atoms with E-state index in [9.17, 15) is 0 Å². The van der Waals surface area contributed by atoms with Gasteiger partial charge in [-0.1, -0.05) is 26.7 Å². The topological polar surface area (TPSA) is 67.1 Å². The summed E-state index contributed by atoms with van der Waals surface area (Å²) in [7, 11) is 1.80. The van der Waals surface area contributed by atoms with Crippen LogP contribution in [-0.4, -0.2) is 34.1 Å². The molecule has 0 bridgehead atoms. The van der Waals surface area contributed by atoms with Gasteiger partial charge < -0.3 is 10.6 Å². The molecule has 2 rings (SSSR count). The van der Waals surface area contributed by atoms with Crippen LogP contribution >= 0.6 is 0 Å². The van der Waals surface area contributed by atoms with E-state index in [-0.39, 0.29) is 0 Å². The van der Waals surface area contributed by atoms with Crippen LogP contribution in [0.5, 0.6) is 0 Å². The minimum absolute atomic E-state index is 0.704. The van der Waals surface area contributed by atoms with Crippen LogP contribution < -0.4 is 10.6 Å². The van der Waals surface area contributed by atoms with E-state index >= 15 is 0 Å². The van der Waals surface area contributed by atoms with E-state index in [1.807, 2.05) is 29.1 Å². The van der Waals surface area contributed by atoms with Gasteiger partial charge in [-0.3, -0.25) is 9.56 Å². The molecule has 2 aromatic rings. The maximum atomic E-state index is 4.36. The fourth-order valence-electron chi connectivity index (χ4n) is 2.40. The first kappa shape index (κ1) is 18.0. The highest BCUT2D eigenvalue weighted by Crippen LogP contribution is 2.07. The molecule has 0 aromatic carbocycles. The summed E-state index contributed by atoms with van der Waals surface area (Å²) < 4.78 is 1.89. The van der Waals surface area contributed by atoms with E-state index in [2.05, 4.69) is 39.4 Å². The standard InChI is InChI=1S/C18H28N6/c1-15(2)6-4-5-8-22-18(19-3)23-13-16-7-9-21-17(12-16)24-11-10-20-14-24/h7,9-12,14-15H,4-6,8,13H2,1-3H3,(H2,19,22,23). The molecule has 2 aromatic heterocycles. The average molecular weight is 328 g/mol. The van der Waals surface area contributed by atoms with Crippen molar-refractivity contribution in [1.29, 1.82) is 0 Å². The number of hydrogen-bond donors (Lipinski definition) is 2. The first-order valence-electron chi connectivity index (χ1n) is 8.57. The van der Waals surface area contributed by atoms with Crippen molar-refractivity contribution in [2.75, 3.05) is 13.6 Å². The molecule has 24 heavy (non-hydrogen) atoms. The lowest BCUT2D eigenvalue weighted by atomic mass is 10.1. The van der Waals surface area contributed by atoms with Crippen LogP contribution in [-0.2, 0) is 6.54 Å². The molecule has 2 heterocycles. The fourth-order valence-corrected chi connectivity index (χ4v) is 2.40. The number of aliphatic imine (C=N–C) groups is 1. The van der Waals surface area contributed by atoms with Gasteiger partial charge in [0.05, 0.1) is 0 Å². The molecule has 0 aliphatic heterocycles. The summed E-state index contributed by atoms with van der Waals surface area (Å²) in [6, 6.07) is 4.05. The van der Waals surface area contributed by atoms with Gasteiger partial charge in [0.15, 0.2) is 5.96 Å². The van der Waals surface area contributed by atoms with E-state index in [0.717, 1.165) is 29.8 Å². The second-order valence-electron chi connectivity index (χ2n) is 6.23. The molecule has 6 nitrogen and oxygen atoms in total. The lowest BCUT2D eigenvalue weighted by Gasteiger charge is -2.12. The van der Waals surface area contributed by atoms with Gasteiger partial charge in [-0.15, -0.1) is 0 Å². The maximum Gasteiger partial charge on any atom is 0.191 e. The van der Waals surface area contributed by atoms with Gasteiger partial charge in [0.25, 0.3) is 0 Å². The molecular formula is C18H28N6. The number of guanidine groups is 1. The van der Waals surface area contributed by atoms with Gasteiger partial charge in [-0.2, -0.15) is 0 Å². The van der Waals surface area contributed by atoms with Crippen LogP contribution in [0.1, 0.15) is 38.7 Å². The Kier molecular flexibility index (Phi) is 7.26. The predicted octanol–water partition coefficient (Wildman–Crippen LogP) is 2.76. The molecule has 130 valence electrons. The second-order valence-corrected chi connectivity index (χ2v) is 6.23. The number of pyridine rings is 1. The Morgan fingerprint density at radius 1 is 1.25 bits per heavy atom. The molecule has 0 unspecified atom stereocenters. The first-order valence-corrected chi connectivity index (χ1v) is 8.57. The second kappa shape index (κ2) is 9.70. The van der Waals surface area contributed by atoms with Crippen molar-refractivity contribution in [2.45, 2.75) is 39.7 Å². The molecular weight excluding hydrogens is 300 g/mol. The molecule has 0 saturated heterocycles. The molecule has 0 fully saturated rings. The largest absolute Gasteiger partial charge is 0.356 e. The number of nitrogens with zero attached hydrogens (tertiary/aromatic N) is 4. The Balaban J connectivity index is 1.78. The lowest BCUT2D eigenvalue weighted by molar-refractivity contribution is 0.534. The van der Waals surface area contributed by atoms with Crippen molar-refractivity contribution < 1.29 is 0 Å². The minimum atomic E-state index is 0.704. The third kappa shape index (κ3) is 6.02. The zero-order valence-electron chi connectivity index (χ0n) is 14.9. The minimum Gasteiger partial charge on any atom is -0.356 e. The summed E-state index contributed by atoms with van der Waals surface area (Å²) in [4.78, 5) is 12.7. The number of rotatable bonds is 8. The maximum absolute atomic E-state index is 4.36. The smallest absolute Gasteiger partial charge is 0.191 e. The Morgan fingerprint density at radius 3 is 2.83 bits per heavy atom. The van der Waals surface area contributed by atoms with Crippen molar-refractivity contribution in [2.24, 2.45) is 10.9 Å². The third-order valence-corrected chi connectivity index (χ3v) is 3.76. The Morgan fingerprint density at radius 2 is 2.12 bits per heavy atom. The van der Waals surface area contributed by atoms with Gasteiger partial charge in [0.2, 0.25) is 0 Å².